The highest BCUT2D eigenvalue weighted by Crippen LogP contribution is 2.52. The summed E-state index contributed by atoms with van der Waals surface area (Å²) in [4.78, 5) is 12.8. The number of hydrogen-bond acceptors (Lipinski definition) is 9. The number of nitrogens with one attached hydrogen (secondary N) is 1. The van der Waals surface area contributed by atoms with E-state index in [2.05, 4.69) is 77.2 Å². The number of rotatable bonds is 6. The molecule has 4 heterocycles. The molecule has 0 amide bonds. The van der Waals surface area contributed by atoms with Crippen LogP contribution in [0.4, 0.5) is 17.2 Å². The molecule has 6 rings (SSSR count). The first-order valence-electron chi connectivity index (χ1n) is 14.2. The van der Waals surface area contributed by atoms with Crippen molar-refractivity contribution in [2.24, 2.45) is 5.73 Å². The number of piperazine rings is 1. The van der Waals surface area contributed by atoms with Crippen molar-refractivity contribution in [3.63, 3.8) is 0 Å². The number of nitrogens with two attached hydrogens (primary N) is 1. The van der Waals surface area contributed by atoms with E-state index in [-0.39, 0.29) is 11.3 Å². The van der Waals surface area contributed by atoms with E-state index in [1.54, 1.807) is 0 Å². The maximum atomic E-state index is 11.2. The van der Waals surface area contributed by atoms with Crippen LogP contribution in [0.5, 0.6) is 0 Å². The quantitative estimate of drug-likeness (QED) is 0.346. The van der Waals surface area contributed by atoms with E-state index in [1.165, 1.54) is 5.56 Å². The van der Waals surface area contributed by atoms with E-state index < -0.39 is 10.6 Å². The summed E-state index contributed by atoms with van der Waals surface area (Å²) in [6.45, 7) is 13.3. The van der Waals surface area contributed by atoms with Gasteiger partial charge in [0.1, 0.15) is 5.82 Å². The Balaban J connectivity index is 1.31. The van der Waals surface area contributed by atoms with E-state index in [9.17, 15) is 9.11 Å². The van der Waals surface area contributed by atoms with Gasteiger partial charge in [-0.15, -0.1) is 0 Å². The number of benzene rings is 2. The molecule has 3 aliphatic heterocycles. The molecular weight excluding hydrogens is 524 g/mol. The van der Waals surface area contributed by atoms with Crippen molar-refractivity contribution in [3.05, 3.63) is 53.6 Å². The van der Waals surface area contributed by atoms with Gasteiger partial charge in [-0.1, -0.05) is 11.6 Å². The van der Waals surface area contributed by atoms with Crippen LogP contribution in [0.15, 0.2) is 47.4 Å². The lowest BCUT2D eigenvalue weighted by Crippen LogP contribution is -2.61. The summed E-state index contributed by atoms with van der Waals surface area (Å²) < 4.78 is 27.7. The van der Waals surface area contributed by atoms with Crippen LogP contribution in [-0.4, -0.2) is 88.8 Å². The summed E-state index contributed by atoms with van der Waals surface area (Å²) in [5.41, 5.74) is 11.2. The summed E-state index contributed by atoms with van der Waals surface area (Å²) in [6, 6.07) is 15.1. The third-order valence-electron chi connectivity index (χ3n) is 8.50. The molecule has 5 N–H and O–H groups in total. The number of pyridine rings is 1. The van der Waals surface area contributed by atoms with Gasteiger partial charge in [0.25, 0.3) is 0 Å². The predicted octanol–water partition coefficient (Wildman–Crippen LogP) is 4.34. The van der Waals surface area contributed by atoms with E-state index in [1.807, 2.05) is 6.07 Å². The monoisotopic (exact) mass is 566 g/mol. The minimum absolute atomic E-state index is 0.270. The van der Waals surface area contributed by atoms with Gasteiger partial charge in [-0.25, -0.2) is 4.98 Å². The molecule has 10 heteroatoms. The molecule has 2 fully saturated rings. The molecule has 9 nitrogen and oxygen atoms in total. The third kappa shape index (κ3) is 5.48. The van der Waals surface area contributed by atoms with Crippen LogP contribution in [0.2, 0.25) is 0 Å². The Bertz CT molecular complexity index is 1390. The molecule has 216 valence electrons. The summed E-state index contributed by atoms with van der Waals surface area (Å²) in [6.07, 6.45) is 0. The summed E-state index contributed by atoms with van der Waals surface area (Å²) in [5, 5.41) is 4.63. The van der Waals surface area contributed by atoms with Crippen LogP contribution < -0.4 is 20.9 Å². The smallest absolute Gasteiger partial charge is 0.131 e. The van der Waals surface area contributed by atoms with E-state index >= 15 is 0 Å². The van der Waals surface area contributed by atoms with Crippen molar-refractivity contribution in [1.29, 1.82) is 0 Å². The Kier molecular flexibility index (Phi) is 7.35. The zero-order valence-corrected chi connectivity index (χ0v) is 24.6. The van der Waals surface area contributed by atoms with Crippen LogP contribution in [0.3, 0.4) is 0 Å². The second-order valence-electron chi connectivity index (χ2n) is 12.0. The Morgan fingerprint density at radius 1 is 1.02 bits per heavy atom. The SMILES string of the molecule is Cc1ccc2nc(N3CCS(O)(O)c4ccc(N5CCN(C(C)C)CC5)cc4C3)cc(NCC3(N)COC3)c2c1. The molecule has 3 aliphatic rings. The van der Waals surface area contributed by atoms with Crippen molar-refractivity contribution < 1.29 is 13.8 Å². The molecule has 0 unspecified atom stereocenters. The fraction of sp³-hybridized carbons (Fsp3) is 0.500. The molecule has 2 aromatic carbocycles. The fourth-order valence-electron chi connectivity index (χ4n) is 5.90. The second-order valence-corrected chi connectivity index (χ2v) is 14.1. The minimum atomic E-state index is -2.91. The molecule has 0 saturated carbocycles. The maximum Gasteiger partial charge on any atom is 0.131 e. The van der Waals surface area contributed by atoms with Crippen LogP contribution in [0.1, 0.15) is 25.0 Å². The molecule has 40 heavy (non-hydrogen) atoms. The Labute approximate surface area is 238 Å². The molecule has 3 aromatic rings. The zero-order valence-electron chi connectivity index (χ0n) is 23.8. The molecule has 0 spiro atoms. The van der Waals surface area contributed by atoms with E-state index in [0.29, 0.717) is 43.8 Å². The van der Waals surface area contributed by atoms with E-state index in [0.717, 1.165) is 59.8 Å². The van der Waals surface area contributed by atoms with Gasteiger partial charge >= 0.3 is 0 Å². The first-order chi connectivity index (χ1) is 19.1. The highest BCUT2D eigenvalue weighted by atomic mass is 32.3. The van der Waals surface area contributed by atoms with Crippen LogP contribution in [0, 0.1) is 6.92 Å². The number of aryl methyl sites for hydroxylation is 1. The molecule has 2 saturated heterocycles. The van der Waals surface area contributed by atoms with Gasteiger partial charge < -0.3 is 25.6 Å². The summed E-state index contributed by atoms with van der Waals surface area (Å²) >= 11 is 0. The molecule has 0 aliphatic carbocycles. The number of nitrogens with zero attached hydrogens (tertiary/aromatic N) is 4. The average Bonchev–Trinajstić information content (AvgIpc) is 3.06. The molecule has 0 bridgehead atoms. The number of fused-ring (bicyclic) bond motifs is 2. The van der Waals surface area contributed by atoms with Crippen molar-refractivity contribution in [3.8, 4) is 0 Å². The van der Waals surface area contributed by atoms with Gasteiger partial charge in [0.2, 0.25) is 0 Å². The van der Waals surface area contributed by atoms with Gasteiger partial charge in [-0.2, -0.15) is 10.6 Å². The first-order valence-corrected chi connectivity index (χ1v) is 16.0. The average molecular weight is 567 g/mol. The van der Waals surface area contributed by atoms with Crippen LogP contribution in [0.25, 0.3) is 10.9 Å². The Morgan fingerprint density at radius 2 is 1.80 bits per heavy atom. The number of aromatic nitrogens is 1. The normalized spacial score (nSPS) is 21.6. The van der Waals surface area contributed by atoms with Crippen molar-refractivity contribution in [2.45, 2.75) is 43.8 Å². The van der Waals surface area contributed by atoms with Gasteiger partial charge in [0.15, 0.2) is 0 Å². The summed E-state index contributed by atoms with van der Waals surface area (Å²) in [7, 11) is -2.91. The van der Waals surface area contributed by atoms with E-state index in [4.69, 9.17) is 15.5 Å². The van der Waals surface area contributed by atoms with Crippen LogP contribution in [-0.2, 0) is 11.3 Å². The lowest BCUT2D eigenvalue weighted by molar-refractivity contribution is -0.0461. The predicted molar refractivity (Wildman–Crippen MR) is 165 cm³/mol. The first kappa shape index (κ1) is 27.6. The highest BCUT2D eigenvalue weighted by molar-refractivity contribution is 8.24. The van der Waals surface area contributed by atoms with Crippen molar-refractivity contribution in [1.82, 2.24) is 9.88 Å². The van der Waals surface area contributed by atoms with Gasteiger partial charge in [-0.05, 0) is 56.7 Å². The third-order valence-corrected chi connectivity index (χ3v) is 10.4. The van der Waals surface area contributed by atoms with Crippen LogP contribution >= 0.6 is 10.6 Å². The molecule has 0 radical (unpaired) electrons. The van der Waals surface area contributed by atoms with Gasteiger partial charge in [-0.3, -0.25) is 14.0 Å². The lowest BCUT2D eigenvalue weighted by Gasteiger charge is -2.38. The minimum Gasteiger partial charge on any atom is -0.382 e. The fourth-order valence-corrected chi connectivity index (χ4v) is 7.42. The zero-order chi connectivity index (χ0) is 28.1. The van der Waals surface area contributed by atoms with Crippen molar-refractivity contribution >= 4 is 38.7 Å². The molecule has 1 aromatic heterocycles. The van der Waals surface area contributed by atoms with Gasteiger partial charge in [0, 0.05) is 74.7 Å². The number of hydrogen-bond donors (Lipinski definition) is 4. The largest absolute Gasteiger partial charge is 0.382 e. The van der Waals surface area contributed by atoms with Gasteiger partial charge in [0.05, 0.1) is 34.9 Å². The Hall–Kier alpha value is -2.60. The maximum absolute atomic E-state index is 11.2. The topological polar surface area (TPSA) is 110 Å². The second kappa shape index (κ2) is 10.7. The lowest BCUT2D eigenvalue weighted by atomic mass is 9.99. The standard InChI is InChI=1S/C30H42N6O3S/c1-21(2)34-8-10-35(11-9-34)24-5-7-28-23(15-24)17-36(12-13-40(28,37)38)29-16-27(32-18-30(31)19-39-20-30)25-14-22(3)4-6-26(25)33-29/h4-7,14-16,21,37-38H,8-13,17-20,31H2,1-3H3,(H,32,33). The molecule has 0 atom stereocenters. The molecular formula is C30H42N6O3S. The highest BCUT2D eigenvalue weighted by Gasteiger charge is 2.34. The van der Waals surface area contributed by atoms with Crippen molar-refractivity contribution in [2.75, 3.05) is 73.4 Å². The number of anilines is 3. The summed E-state index contributed by atoms with van der Waals surface area (Å²) in [5.74, 6) is 1.08. The number of ether oxygens (including phenoxy) is 1. The Morgan fingerprint density at radius 3 is 2.50 bits per heavy atom.